The van der Waals surface area contributed by atoms with Crippen molar-refractivity contribution in [1.82, 2.24) is 34.0 Å². The highest BCUT2D eigenvalue weighted by Crippen LogP contribution is 2.36. The molecule has 6 rings (SSSR count). The molecule has 1 aliphatic heterocycles. The van der Waals surface area contributed by atoms with E-state index < -0.39 is 10.0 Å². The van der Waals surface area contributed by atoms with Crippen LogP contribution in [-0.2, 0) is 16.6 Å². The van der Waals surface area contributed by atoms with Crippen molar-refractivity contribution >= 4 is 21.5 Å². The van der Waals surface area contributed by atoms with Crippen molar-refractivity contribution in [1.29, 1.82) is 0 Å². The Morgan fingerprint density at radius 3 is 2.58 bits per heavy atom. The number of hydrogen-bond donors (Lipinski definition) is 2. The van der Waals surface area contributed by atoms with Crippen molar-refractivity contribution in [3.63, 3.8) is 0 Å². The van der Waals surface area contributed by atoms with Crippen LogP contribution in [0.5, 0.6) is 0 Å². The van der Waals surface area contributed by atoms with Gasteiger partial charge < -0.3 is 10.2 Å². The van der Waals surface area contributed by atoms with E-state index in [1.54, 1.807) is 0 Å². The van der Waals surface area contributed by atoms with E-state index in [9.17, 15) is 8.42 Å². The summed E-state index contributed by atoms with van der Waals surface area (Å²) in [6.07, 6.45) is 18.7. The van der Waals surface area contributed by atoms with Crippen LogP contribution < -0.4 is 10.0 Å². The molecule has 1 saturated carbocycles. The van der Waals surface area contributed by atoms with Gasteiger partial charge >= 0.3 is 0 Å². The molecular weight excluding hydrogens is 524 g/mol. The Bertz CT molecular complexity index is 1450. The van der Waals surface area contributed by atoms with Gasteiger partial charge in [0.05, 0.1) is 24.2 Å². The number of nitrogens with zero attached hydrogens (tertiary/aromatic N) is 6. The number of aromatic nitrogens is 5. The first-order valence-electron chi connectivity index (χ1n) is 14.8. The molecule has 3 aliphatic rings. The highest BCUT2D eigenvalue weighted by molar-refractivity contribution is 7.88. The highest BCUT2D eigenvalue weighted by Gasteiger charge is 2.31. The highest BCUT2D eigenvalue weighted by atomic mass is 32.2. The maximum atomic E-state index is 11.6. The number of piperidine rings is 1. The van der Waals surface area contributed by atoms with E-state index in [-0.39, 0.29) is 6.04 Å². The molecule has 3 aromatic rings. The van der Waals surface area contributed by atoms with E-state index in [1.807, 2.05) is 29.2 Å². The predicted octanol–water partition coefficient (Wildman–Crippen LogP) is 4.25. The number of likely N-dealkylation sites (tertiary alicyclic amines) is 1. The summed E-state index contributed by atoms with van der Waals surface area (Å²) in [5.74, 6) is 1.54. The summed E-state index contributed by atoms with van der Waals surface area (Å²) in [6.45, 7) is 5.04. The quantitative estimate of drug-likeness (QED) is 0.393. The summed E-state index contributed by atoms with van der Waals surface area (Å²) in [7, 11) is -3.13. The van der Waals surface area contributed by atoms with Gasteiger partial charge in [0.2, 0.25) is 10.0 Å². The number of anilines is 1. The molecule has 1 unspecified atom stereocenters. The first-order chi connectivity index (χ1) is 19.3. The molecule has 0 radical (unpaired) electrons. The van der Waals surface area contributed by atoms with Crippen molar-refractivity contribution in [3.8, 4) is 0 Å². The Labute approximate surface area is 237 Å². The van der Waals surface area contributed by atoms with Gasteiger partial charge in [-0.05, 0) is 83.9 Å². The van der Waals surface area contributed by atoms with Crippen LogP contribution in [0.4, 0.5) is 5.82 Å². The Kier molecular flexibility index (Phi) is 7.96. The molecule has 2 N–H and O–H groups in total. The average Bonchev–Trinajstić information content (AvgIpc) is 3.56. The smallest absolute Gasteiger partial charge is 0.208 e. The summed E-state index contributed by atoms with van der Waals surface area (Å²) in [5.41, 5.74) is 4.63. The van der Waals surface area contributed by atoms with Crippen LogP contribution in [0, 0.1) is 0 Å². The van der Waals surface area contributed by atoms with Crippen LogP contribution in [0.25, 0.3) is 5.65 Å². The van der Waals surface area contributed by atoms with Gasteiger partial charge in [-0.15, -0.1) is 0 Å². The summed E-state index contributed by atoms with van der Waals surface area (Å²) < 4.78 is 30.1. The van der Waals surface area contributed by atoms with Crippen molar-refractivity contribution in [2.45, 2.75) is 95.3 Å². The van der Waals surface area contributed by atoms with Crippen molar-refractivity contribution < 1.29 is 8.42 Å². The Balaban J connectivity index is 1.11. The lowest BCUT2D eigenvalue weighted by Crippen LogP contribution is -2.46. The molecule has 1 saturated heterocycles. The molecule has 0 aromatic carbocycles. The standard InChI is InChI=1S/C29H42N8O2S/c1-21-4-8-26(9-5-21)37-28(31-19-23-20-32-36-15-3-14-30-29(23)36)18-27(33-37)22-12-16-35(17-13-22)25-10-6-24(7-11-25)34-40(2,38)39/h3-4,14-15,18,20,22,24-26,31,34H,5-13,16-17,19H2,1-2H3. The minimum absolute atomic E-state index is 0.0913. The summed E-state index contributed by atoms with van der Waals surface area (Å²) in [5, 5.41) is 13.4. The third kappa shape index (κ3) is 6.26. The second-order valence-corrected chi connectivity index (χ2v) is 13.8. The van der Waals surface area contributed by atoms with Crippen LogP contribution in [0.2, 0.25) is 0 Å². The first kappa shape index (κ1) is 27.4. The number of fused-ring (bicyclic) bond motifs is 1. The van der Waals surface area contributed by atoms with Crippen molar-refractivity contribution in [3.05, 3.63) is 53.6 Å². The summed E-state index contributed by atoms with van der Waals surface area (Å²) in [6, 6.07) is 5.20. The molecule has 2 aliphatic carbocycles. The van der Waals surface area contributed by atoms with Crippen LogP contribution in [-0.4, -0.2) is 69.1 Å². The number of rotatable bonds is 8. The van der Waals surface area contributed by atoms with E-state index in [1.165, 1.54) is 17.5 Å². The molecule has 3 aromatic heterocycles. The van der Waals surface area contributed by atoms with Gasteiger partial charge in [-0.3, -0.25) is 0 Å². The minimum atomic E-state index is -3.13. The number of nitrogens with one attached hydrogen (secondary N) is 2. The Morgan fingerprint density at radius 1 is 1.05 bits per heavy atom. The largest absolute Gasteiger partial charge is 0.366 e. The fourth-order valence-electron chi connectivity index (χ4n) is 6.81. The van der Waals surface area contributed by atoms with Crippen molar-refractivity contribution in [2.75, 3.05) is 24.7 Å². The molecule has 1 atom stereocenters. The molecule has 11 heteroatoms. The lowest BCUT2D eigenvalue weighted by atomic mass is 9.87. The lowest BCUT2D eigenvalue weighted by Gasteiger charge is -2.40. The van der Waals surface area contributed by atoms with E-state index in [4.69, 9.17) is 5.10 Å². The molecule has 4 heterocycles. The van der Waals surface area contributed by atoms with E-state index in [0.29, 0.717) is 24.5 Å². The molecule has 40 heavy (non-hydrogen) atoms. The third-order valence-electron chi connectivity index (χ3n) is 9.06. The third-order valence-corrected chi connectivity index (χ3v) is 9.83. The van der Waals surface area contributed by atoms with Gasteiger partial charge in [0.1, 0.15) is 5.82 Å². The molecular formula is C29H42N8O2S. The van der Waals surface area contributed by atoms with E-state index in [2.05, 4.69) is 48.8 Å². The second kappa shape index (κ2) is 11.6. The molecule has 0 spiro atoms. The number of hydrogen-bond acceptors (Lipinski definition) is 7. The van der Waals surface area contributed by atoms with Gasteiger partial charge in [0.25, 0.3) is 0 Å². The molecule has 216 valence electrons. The predicted molar refractivity (Wildman–Crippen MR) is 157 cm³/mol. The topological polar surface area (TPSA) is 109 Å². The monoisotopic (exact) mass is 566 g/mol. The zero-order valence-electron chi connectivity index (χ0n) is 23.7. The molecule has 2 fully saturated rings. The SMILES string of the molecule is CC1=CCC(n2nc(C3CCN(C4CCC(NS(C)(=O)=O)CC4)CC3)cc2NCc2cnn3cccnc23)CC1. The first-order valence-corrected chi connectivity index (χ1v) is 16.7. The van der Waals surface area contributed by atoms with Crippen LogP contribution in [0.1, 0.15) is 87.9 Å². The van der Waals surface area contributed by atoms with Gasteiger partial charge in [-0.25, -0.2) is 27.3 Å². The van der Waals surface area contributed by atoms with Crippen LogP contribution >= 0.6 is 0 Å². The van der Waals surface area contributed by atoms with Crippen molar-refractivity contribution in [2.24, 2.45) is 0 Å². The summed E-state index contributed by atoms with van der Waals surface area (Å²) >= 11 is 0. The number of sulfonamides is 1. The number of allylic oxidation sites excluding steroid dienone is 2. The fourth-order valence-corrected chi connectivity index (χ4v) is 7.65. The fraction of sp³-hybridized carbons (Fsp3) is 0.621. The van der Waals surface area contributed by atoms with Crippen LogP contribution in [0.15, 0.2) is 42.4 Å². The van der Waals surface area contributed by atoms with E-state index >= 15 is 0 Å². The Morgan fingerprint density at radius 2 is 1.85 bits per heavy atom. The summed E-state index contributed by atoms with van der Waals surface area (Å²) in [4.78, 5) is 7.15. The zero-order chi connectivity index (χ0) is 27.7. The van der Waals surface area contributed by atoms with Gasteiger partial charge in [0.15, 0.2) is 5.65 Å². The van der Waals surface area contributed by atoms with Gasteiger partial charge in [-0.2, -0.15) is 10.2 Å². The lowest BCUT2D eigenvalue weighted by molar-refractivity contribution is 0.115. The Hall–Kier alpha value is -2.76. The average molecular weight is 567 g/mol. The molecule has 10 nitrogen and oxygen atoms in total. The normalized spacial score (nSPS) is 25.2. The van der Waals surface area contributed by atoms with Crippen LogP contribution in [0.3, 0.4) is 0 Å². The second-order valence-electron chi connectivity index (χ2n) is 12.0. The maximum absolute atomic E-state index is 11.6. The van der Waals surface area contributed by atoms with E-state index in [0.717, 1.165) is 87.9 Å². The van der Waals surface area contributed by atoms with Gasteiger partial charge in [-0.1, -0.05) is 11.6 Å². The molecule has 0 amide bonds. The molecule has 0 bridgehead atoms. The van der Waals surface area contributed by atoms with Gasteiger partial charge in [0, 0.05) is 48.6 Å². The zero-order valence-corrected chi connectivity index (χ0v) is 24.5. The maximum Gasteiger partial charge on any atom is 0.208 e. The minimum Gasteiger partial charge on any atom is -0.366 e.